The lowest BCUT2D eigenvalue weighted by Crippen LogP contribution is -2.33. The van der Waals surface area contributed by atoms with Gasteiger partial charge in [-0.1, -0.05) is 51.9 Å². The van der Waals surface area contributed by atoms with E-state index in [1.165, 1.54) is 93.4 Å². The molecule has 0 radical (unpaired) electrons. The second kappa shape index (κ2) is 17.0. The average molecular weight is 780 g/mol. The summed E-state index contributed by atoms with van der Waals surface area (Å²) in [5, 5.41) is 0. The number of hydrogen-bond acceptors (Lipinski definition) is 12. The topological polar surface area (TPSA) is 144 Å². The lowest BCUT2D eigenvalue weighted by Gasteiger charge is -2.24. The third-order valence-corrected chi connectivity index (χ3v) is 13.5. The lowest BCUT2D eigenvalue weighted by atomic mass is 10.1. The van der Waals surface area contributed by atoms with Gasteiger partial charge in [0.15, 0.2) is 23.2 Å². The van der Waals surface area contributed by atoms with Crippen LogP contribution in [0.4, 0.5) is 5.95 Å². The summed E-state index contributed by atoms with van der Waals surface area (Å²) in [5.74, 6) is -1.19. The summed E-state index contributed by atoms with van der Waals surface area (Å²) in [7, 11) is 0. The summed E-state index contributed by atoms with van der Waals surface area (Å²) < 4.78 is 25.9. The highest BCUT2D eigenvalue weighted by molar-refractivity contribution is 7.26. The van der Waals surface area contributed by atoms with Crippen molar-refractivity contribution in [2.75, 3.05) is 12.3 Å². The fourth-order valence-corrected chi connectivity index (χ4v) is 10.4. The van der Waals surface area contributed by atoms with Crippen molar-refractivity contribution >= 4 is 57.1 Å². The van der Waals surface area contributed by atoms with Crippen LogP contribution in [0.15, 0.2) is 47.5 Å². The Bertz CT molecular complexity index is 2040. The number of imidazole rings is 1. The molecule has 2 saturated heterocycles. The summed E-state index contributed by atoms with van der Waals surface area (Å²) in [6.45, 7) is 5.93. The number of hydrogen-bond donors (Lipinski definition) is 2. The molecule has 0 saturated carbocycles. The van der Waals surface area contributed by atoms with E-state index in [2.05, 4.69) is 58.3 Å². The SMILES string of the molecule is CCCCCCCCCCc1ccc(-c2ccc(-c3ccc(CCCC(=O)OC[C@H]4O[C@@H](n5cnc6c(=O)[nH]c(N)nc65)[C@@H]5OC(C)(C)O[C@@H]54)s3)s2)s1. The Hall–Kier alpha value is -3.40. The third-order valence-electron chi connectivity index (χ3n) is 9.75. The van der Waals surface area contributed by atoms with E-state index in [1.807, 2.05) is 36.5 Å². The highest BCUT2D eigenvalue weighted by Gasteiger charge is 2.56. The molecule has 0 aromatic carbocycles. The maximum Gasteiger partial charge on any atom is 0.305 e. The molecule has 11 nitrogen and oxygen atoms in total. The molecular weight excluding hydrogens is 731 g/mol. The normalized spacial score (nSPS) is 20.7. The van der Waals surface area contributed by atoms with Gasteiger partial charge in [0.2, 0.25) is 5.95 Å². The van der Waals surface area contributed by atoms with E-state index < -0.39 is 35.9 Å². The zero-order chi connectivity index (χ0) is 37.0. The summed E-state index contributed by atoms with van der Waals surface area (Å²) in [4.78, 5) is 44.1. The molecule has 0 unspecified atom stereocenters. The van der Waals surface area contributed by atoms with Crippen LogP contribution in [-0.2, 0) is 36.6 Å². The predicted octanol–water partition coefficient (Wildman–Crippen LogP) is 8.89. The lowest BCUT2D eigenvalue weighted by molar-refractivity contribution is -0.202. The number of thiophene rings is 3. The fourth-order valence-electron chi connectivity index (χ4n) is 7.13. The van der Waals surface area contributed by atoms with E-state index in [-0.39, 0.29) is 29.7 Å². The first-order valence-electron chi connectivity index (χ1n) is 18.8. The molecule has 0 spiro atoms. The van der Waals surface area contributed by atoms with Gasteiger partial charge in [-0.05, 0) is 75.9 Å². The summed E-state index contributed by atoms with van der Waals surface area (Å²) >= 11 is 5.57. The molecule has 7 rings (SSSR count). The molecule has 53 heavy (non-hydrogen) atoms. The number of fused-ring (bicyclic) bond motifs is 2. The van der Waals surface area contributed by atoms with Crippen molar-refractivity contribution < 1.29 is 23.7 Å². The Morgan fingerprint density at radius 1 is 0.868 bits per heavy atom. The smallest absolute Gasteiger partial charge is 0.305 e. The van der Waals surface area contributed by atoms with Gasteiger partial charge in [0.05, 0.1) is 6.33 Å². The minimum absolute atomic E-state index is 0.00745. The van der Waals surface area contributed by atoms with Gasteiger partial charge in [0.1, 0.15) is 24.9 Å². The van der Waals surface area contributed by atoms with Crippen LogP contribution in [0.3, 0.4) is 0 Å². The van der Waals surface area contributed by atoms with E-state index in [4.69, 9.17) is 24.7 Å². The highest BCUT2D eigenvalue weighted by atomic mass is 32.1. The van der Waals surface area contributed by atoms with Crippen molar-refractivity contribution in [1.29, 1.82) is 0 Å². The number of carbonyl (C=O) groups is 1. The molecule has 0 amide bonds. The molecule has 2 fully saturated rings. The molecule has 2 aliphatic heterocycles. The number of aromatic nitrogens is 4. The number of rotatable bonds is 18. The van der Waals surface area contributed by atoms with Crippen molar-refractivity contribution in [2.45, 2.75) is 128 Å². The number of H-pyrrole nitrogens is 1. The van der Waals surface area contributed by atoms with Gasteiger partial charge in [0.25, 0.3) is 5.56 Å². The molecule has 7 heterocycles. The molecule has 5 aromatic rings. The summed E-state index contributed by atoms with van der Waals surface area (Å²) in [5.41, 5.74) is 5.78. The van der Waals surface area contributed by atoms with Crippen LogP contribution < -0.4 is 11.3 Å². The summed E-state index contributed by atoms with van der Waals surface area (Å²) in [6, 6.07) is 13.4. The number of aromatic amines is 1. The monoisotopic (exact) mass is 779 g/mol. The molecule has 284 valence electrons. The van der Waals surface area contributed by atoms with Crippen LogP contribution in [0, 0.1) is 0 Å². The van der Waals surface area contributed by atoms with Crippen molar-refractivity contribution in [3.05, 3.63) is 62.8 Å². The number of carbonyl (C=O) groups excluding carboxylic acids is 1. The molecule has 14 heteroatoms. The number of nitrogens with two attached hydrogens (primary N) is 1. The maximum absolute atomic E-state index is 12.8. The Balaban J connectivity index is 0.863. The average Bonchev–Trinajstić information content (AvgIpc) is 3.97. The molecular formula is C39H49N5O6S3. The zero-order valence-electron chi connectivity index (χ0n) is 30.6. The van der Waals surface area contributed by atoms with E-state index >= 15 is 0 Å². The predicted molar refractivity (Wildman–Crippen MR) is 211 cm³/mol. The number of aryl methyl sites for hydroxylation is 2. The highest BCUT2D eigenvalue weighted by Crippen LogP contribution is 2.44. The van der Waals surface area contributed by atoms with Crippen LogP contribution in [0.1, 0.15) is 101 Å². The fraction of sp³-hybridized carbons (Fsp3) is 0.538. The van der Waals surface area contributed by atoms with Gasteiger partial charge >= 0.3 is 5.97 Å². The molecule has 0 aliphatic carbocycles. The Morgan fingerprint density at radius 3 is 2.17 bits per heavy atom. The van der Waals surface area contributed by atoms with Gasteiger partial charge < -0.3 is 24.7 Å². The molecule has 0 bridgehead atoms. The maximum atomic E-state index is 12.8. The van der Waals surface area contributed by atoms with Crippen molar-refractivity contribution in [1.82, 2.24) is 19.5 Å². The van der Waals surface area contributed by atoms with Crippen LogP contribution >= 0.6 is 34.0 Å². The quantitative estimate of drug-likeness (QED) is 0.0658. The minimum Gasteiger partial charge on any atom is -0.463 e. The Morgan fingerprint density at radius 2 is 1.47 bits per heavy atom. The molecule has 4 atom stereocenters. The van der Waals surface area contributed by atoms with Gasteiger partial charge in [-0.3, -0.25) is 19.1 Å². The van der Waals surface area contributed by atoms with E-state index in [0.717, 1.165) is 6.42 Å². The third kappa shape index (κ3) is 9.12. The van der Waals surface area contributed by atoms with Gasteiger partial charge in [-0.25, -0.2) is 4.98 Å². The van der Waals surface area contributed by atoms with Crippen LogP contribution in [0.25, 0.3) is 30.7 Å². The number of nitrogens with one attached hydrogen (secondary N) is 1. The molecule has 3 N–H and O–H groups in total. The second-order valence-corrected chi connectivity index (χ2v) is 17.8. The van der Waals surface area contributed by atoms with Gasteiger partial charge in [0, 0.05) is 35.7 Å². The number of esters is 1. The largest absolute Gasteiger partial charge is 0.463 e. The molecule has 5 aromatic heterocycles. The molecule has 2 aliphatic rings. The number of nitrogens with zero attached hydrogens (tertiary/aromatic N) is 3. The first-order chi connectivity index (χ1) is 25.7. The number of unbranched alkanes of at least 4 members (excludes halogenated alkanes) is 7. The van der Waals surface area contributed by atoms with E-state index in [9.17, 15) is 9.59 Å². The number of ether oxygens (including phenoxy) is 4. The standard InChI is InChI=1S/C39H49N5O6S3/c1-4-5-6-7-8-9-10-11-13-24-16-18-27(51-24)29-20-21-30(53-29)28-19-17-25(52-28)14-12-15-31(45)47-22-26-33-34(50-39(2,3)49-33)37(48-26)44-23-41-32-35(44)42-38(40)43-36(32)46/h16-21,23,26,33-34,37H,4-15,22H2,1-3H3,(H3,40,42,43,46)/t26-,33-,34-,37-/m1/s1. The van der Waals surface area contributed by atoms with Crippen molar-refractivity contribution in [3.8, 4) is 19.5 Å². The van der Waals surface area contributed by atoms with Crippen LogP contribution in [0.2, 0.25) is 0 Å². The first-order valence-corrected chi connectivity index (χ1v) is 21.3. The Kier molecular flexibility index (Phi) is 12.1. The number of nitrogen functional groups attached to an aromatic ring is 1. The second-order valence-electron chi connectivity index (χ2n) is 14.4. The number of anilines is 1. The first kappa shape index (κ1) is 37.9. The van der Waals surface area contributed by atoms with E-state index in [1.54, 1.807) is 15.9 Å². The summed E-state index contributed by atoms with van der Waals surface area (Å²) in [6.07, 6.45) is 12.9. The van der Waals surface area contributed by atoms with Gasteiger partial charge in [-0.15, -0.1) is 34.0 Å². The Labute approximate surface area is 321 Å². The van der Waals surface area contributed by atoms with E-state index in [0.29, 0.717) is 12.8 Å². The van der Waals surface area contributed by atoms with Crippen LogP contribution in [-0.4, -0.2) is 56.2 Å². The van der Waals surface area contributed by atoms with Crippen molar-refractivity contribution in [2.24, 2.45) is 0 Å². The van der Waals surface area contributed by atoms with Gasteiger partial charge in [-0.2, -0.15) is 4.98 Å². The van der Waals surface area contributed by atoms with Crippen LogP contribution in [0.5, 0.6) is 0 Å². The minimum atomic E-state index is -0.871. The van der Waals surface area contributed by atoms with Crippen molar-refractivity contribution in [3.63, 3.8) is 0 Å². The zero-order valence-corrected chi connectivity index (χ0v) is 33.1.